The first-order valence-electron chi connectivity index (χ1n) is 9.00. The highest BCUT2D eigenvalue weighted by Crippen LogP contribution is 2.29. The minimum Gasteiger partial charge on any atom is -0.506 e. The minimum absolute atomic E-state index is 0.0102. The summed E-state index contributed by atoms with van der Waals surface area (Å²) in [6.45, 7) is 0.000930. The Hall–Kier alpha value is -3.74. The third-order valence-corrected chi connectivity index (χ3v) is 4.21. The summed E-state index contributed by atoms with van der Waals surface area (Å²) in [6.07, 6.45) is 0. The van der Waals surface area contributed by atoms with Crippen LogP contribution in [0.4, 0.5) is 0 Å². The Morgan fingerprint density at radius 1 is 0.966 bits per heavy atom. The number of fused-ring (bicyclic) bond motifs is 1. The molecule has 7 nitrogen and oxygen atoms in total. The van der Waals surface area contributed by atoms with Gasteiger partial charge in [0.25, 0.3) is 5.91 Å². The number of para-hydroxylation sites is 2. The molecule has 3 aromatic rings. The van der Waals surface area contributed by atoms with Crippen LogP contribution in [0, 0.1) is 0 Å². The average Bonchev–Trinajstić information content (AvgIpc) is 2.75. The van der Waals surface area contributed by atoms with E-state index in [9.17, 15) is 14.7 Å². The van der Waals surface area contributed by atoms with Gasteiger partial charge in [-0.05, 0) is 23.6 Å². The number of amides is 1. The molecule has 0 unspecified atom stereocenters. The van der Waals surface area contributed by atoms with Crippen LogP contribution in [0.5, 0.6) is 17.2 Å². The van der Waals surface area contributed by atoms with Gasteiger partial charge in [0, 0.05) is 5.39 Å². The summed E-state index contributed by atoms with van der Waals surface area (Å²) in [6, 6.07) is 17.5. The lowest BCUT2D eigenvalue weighted by molar-refractivity contribution is -0.124. The maximum atomic E-state index is 12.2. The predicted molar refractivity (Wildman–Crippen MR) is 107 cm³/mol. The van der Waals surface area contributed by atoms with Crippen molar-refractivity contribution in [2.24, 2.45) is 0 Å². The van der Waals surface area contributed by atoms with Crippen LogP contribution in [-0.4, -0.2) is 43.9 Å². The number of hydrogen-bond acceptors (Lipinski definition) is 6. The highest BCUT2D eigenvalue weighted by Gasteiger charge is 2.16. The molecule has 7 heteroatoms. The molecule has 0 saturated heterocycles. The van der Waals surface area contributed by atoms with Crippen molar-refractivity contribution < 1.29 is 28.9 Å². The molecule has 0 spiro atoms. The zero-order valence-electron chi connectivity index (χ0n) is 15.9. The molecule has 0 aliphatic carbocycles. The number of phenols is 1. The van der Waals surface area contributed by atoms with Crippen molar-refractivity contribution in [3.63, 3.8) is 0 Å². The standard InChI is InChI=1S/C22H21NO6/c1-27-18-8-4-5-9-19(18)28-13-12-23-20(24)14-29-22(26)17-11-10-15-6-2-3-7-16(15)21(17)25/h2-11,25H,12-14H2,1H3,(H,23,24). The Bertz CT molecular complexity index is 1020. The van der Waals surface area contributed by atoms with Crippen LogP contribution in [0.1, 0.15) is 10.4 Å². The van der Waals surface area contributed by atoms with Crippen LogP contribution in [0.15, 0.2) is 60.7 Å². The van der Waals surface area contributed by atoms with E-state index >= 15 is 0 Å². The maximum absolute atomic E-state index is 12.2. The van der Waals surface area contributed by atoms with Crippen molar-refractivity contribution in [3.8, 4) is 17.2 Å². The number of methoxy groups -OCH3 is 1. The molecule has 3 aromatic carbocycles. The van der Waals surface area contributed by atoms with Gasteiger partial charge in [-0.25, -0.2) is 4.79 Å². The highest BCUT2D eigenvalue weighted by atomic mass is 16.5. The molecular formula is C22H21NO6. The molecular weight excluding hydrogens is 374 g/mol. The van der Waals surface area contributed by atoms with Crippen LogP contribution >= 0.6 is 0 Å². The Morgan fingerprint density at radius 2 is 1.69 bits per heavy atom. The fraction of sp³-hybridized carbons (Fsp3) is 0.182. The smallest absolute Gasteiger partial charge is 0.342 e. The molecule has 29 heavy (non-hydrogen) atoms. The third kappa shape index (κ3) is 4.95. The second kappa shape index (κ2) is 9.45. The van der Waals surface area contributed by atoms with Crippen LogP contribution in [0.25, 0.3) is 10.8 Å². The van der Waals surface area contributed by atoms with Crippen molar-refractivity contribution in [3.05, 3.63) is 66.2 Å². The van der Waals surface area contributed by atoms with Gasteiger partial charge in [0.2, 0.25) is 0 Å². The summed E-state index contributed by atoms with van der Waals surface area (Å²) >= 11 is 0. The fourth-order valence-electron chi connectivity index (χ4n) is 2.77. The van der Waals surface area contributed by atoms with Crippen molar-refractivity contribution in [2.75, 3.05) is 26.9 Å². The SMILES string of the molecule is COc1ccccc1OCCNC(=O)COC(=O)c1ccc2ccccc2c1O. The van der Waals surface area contributed by atoms with Crippen molar-refractivity contribution in [2.45, 2.75) is 0 Å². The van der Waals surface area contributed by atoms with Crippen LogP contribution in [-0.2, 0) is 9.53 Å². The molecule has 2 N–H and O–H groups in total. The number of nitrogens with one attached hydrogen (secondary N) is 1. The zero-order valence-corrected chi connectivity index (χ0v) is 15.9. The Labute approximate surface area is 167 Å². The molecule has 0 fully saturated rings. The number of carbonyl (C=O) groups is 2. The van der Waals surface area contributed by atoms with Gasteiger partial charge < -0.3 is 24.6 Å². The molecule has 3 rings (SSSR count). The summed E-state index contributed by atoms with van der Waals surface area (Å²) in [5.41, 5.74) is 0.0102. The number of carbonyl (C=O) groups excluding carboxylic acids is 2. The van der Waals surface area contributed by atoms with E-state index in [4.69, 9.17) is 14.2 Å². The molecule has 0 heterocycles. The Balaban J connectivity index is 1.46. The number of aromatic hydroxyl groups is 1. The first-order chi connectivity index (χ1) is 14.1. The summed E-state index contributed by atoms with van der Waals surface area (Å²) < 4.78 is 15.7. The third-order valence-electron chi connectivity index (χ3n) is 4.21. The van der Waals surface area contributed by atoms with Crippen LogP contribution < -0.4 is 14.8 Å². The van der Waals surface area contributed by atoms with E-state index < -0.39 is 18.5 Å². The van der Waals surface area contributed by atoms with E-state index in [-0.39, 0.29) is 24.5 Å². The monoisotopic (exact) mass is 395 g/mol. The van der Waals surface area contributed by atoms with Gasteiger partial charge in [0.05, 0.1) is 13.7 Å². The summed E-state index contributed by atoms with van der Waals surface area (Å²) in [5.74, 6) is -0.236. The second-order valence-corrected chi connectivity index (χ2v) is 6.11. The van der Waals surface area contributed by atoms with E-state index in [0.717, 1.165) is 5.39 Å². The first-order valence-corrected chi connectivity index (χ1v) is 9.00. The lowest BCUT2D eigenvalue weighted by Crippen LogP contribution is -2.32. The number of phenolic OH excluding ortho intramolecular Hbond substituents is 1. The van der Waals surface area contributed by atoms with E-state index in [1.807, 2.05) is 24.3 Å². The summed E-state index contributed by atoms with van der Waals surface area (Å²) in [7, 11) is 1.55. The van der Waals surface area contributed by atoms with Crippen molar-refractivity contribution in [1.29, 1.82) is 0 Å². The zero-order chi connectivity index (χ0) is 20.6. The number of hydrogen-bond donors (Lipinski definition) is 2. The van der Waals surface area contributed by atoms with E-state index in [1.54, 1.807) is 37.4 Å². The molecule has 0 saturated carbocycles. The van der Waals surface area contributed by atoms with Gasteiger partial charge in [-0.3, -0.25) is 4.79 Å². The van der Waals surface area contributed by atoms with Gasteiger partial charge in [-0.15, -0.1) is 0 Å². The molecule has 0 radical (unpaired) electrons. The minimum atomic E-state index is -0.770. The van der Waals surface area contributed by atoms with Crippen LogP contribution in [0.3, 0.4) is 0 Å². The normalized spacial score (nSPS) is 10.4. The van der Waals surface area contributed by atoms with E-state index in [0.29, 0.717) is 16.9 Å². The van der Waals surface area contributed by atoms with Crippen molar-refractivity contribution >= 4 is 22.6 Å². The molecule has 0 aliphatic rings. The number of benzene rings is 3. The largest absolute Gasteiger partial charge is 0.506 e. The second-order valence-electron chi connectivity index (χ2n) is 6.11. The molecule has 150 valence electrons. The predicted octanol–water partition coefficient (Wildman–Crippen LogP) is 2.91. The summed E-state index contributed by atoms with van der Waals surface area (Å²) in [5, 5.41) is 14.2. The Morgan fingerprint density at radius 3 is 2.48 bits per heavy atom. The molecule has 0 bridgehead atoms. The quantitative estimate of drug-likeness (QED) is 0.450. The molecule has 0 aliphatic heterocycles. The van der Waals surface area contributed by atoms with Crippen LogP contribution in [0.2, 0.25) is 0 Å². The average molecular weight is 395 g/mol. The number of rotatable bonds is 8. The fourth-order valence-corrected chi connectivity index (χ4v) is 2.77. The molecule has 1 amide bonds. The lowest BCUT2D eigenvalue weighted by Gasteiger charge is -2.11. The maximum Gasteiger partial charge on any atom is 0.342 e. The topological polar surface area (TPSA) is 94.1 Å². The van der Waals surface area contributed by atoms with Gasteiger partial charge in [-0.2, -0.15) is 0 Å². The summed E-state index contributed by atoms with van der Waals surface area (Å²) in [4.78, 5) is 24.1. The van der Waals surface area contributed by atoms with Gasteiger partial charge in [0.15, 0.2) is 18.1 Å². The van der Waals surface area contributed by atoms with E-state index in [2.05, 4.69) is 5.32 Å². The molecule has 0 aromatic heterocycles. The highest BCUT2D eigenvalue weighted by molar-refractivity contribution is 6.01. The van der Waals surface area contributed by atoms with E-state index in [1.165, 1.54) is 6.07 Å². The van der Waals surface area contributed by atoms with Gasteiger partial charge in [0.1, 0.15) is 17.9 Å². The van der Waals surface area contributed by atoms with Gasteiger partial charge in [-0.1, -0.05) is 42.5 Å². The van der Waals surface area contributed by atoms with Crippen molar-refractivity contribution in [1.82, 2.24) is 5.32 Å². The molecule has 0 atom stereocenters. The van der Waals surface area contributed by atoms with Gasteiger partial charge >= 0.3 is 5.97 Å². The number of ether oxygens (including phenoxy) is 3. The first kappa shape index (κ1) is 20.0. The number of esters is 1. The Kier molecular flexibility index (Phi) is 6.52. The lowest BCUT2D eigenvalue weighted by atomic mass is 10.1.